The van der Waals surface area contributed by atoms with E-state index in [1.165, 1.54) is 12.8 Å². The van der Waals surface area contributed by atoms with E-state index >= 15 is 0 Å². The number of ether oxygens (including phenoxy) is 1. The number of amides is 1. The van der Waals surface area contributed by atoms with Crippen molar-refractivity contribution in [1.82, 2.24) is 5.32 Å². The zero-order chi connectivity index (χ0) is 13.4. The summed E-state index contributed by atoms with van der Waals surface area (Å²) >= 11 is 5.85. The first-order chi connectivity index (χ1) is 9.15. The van der Waals surface area contributed by atoms with E-state index in [1.54, 1.807) is 18.2 Å². The lowest BCUT2D eigenvalue weighted by Crippen LogP contribution is -2.41. The minimum absolute atomic E-state index is 0.107. The number of nitrogens with one attached hydrogen (secondary N) is 1. The molecule has 1 aliphatic heterocycles. The first-order valence-corrected chi connectivity index (χ1v) is 7.00. The van der Waals surface area contributed by atoms with Crippen LogP contribution in [0.25, 0.3) is 0 Å². The van der Waals surface area contributed by atoms with Gasteiger partial charge in [0, 0.05) is 12.2 Å². The average molecular weight is 281 g/mol. The molecule has 1 saturated heterocycles. The first kappa shape index (κ1) is 12.8. The van der Waals surface area contributed by atoms with Gasteiger partial charge in [-0.2, -0.15) is 0 Å². The van der Waals surface area contributed by atoms with Crippen LogP contribution in [0.3, 0.4) is 0 Å². The van der Waals surface area contributed by atoms with Crippen LogP contribution in [0.1, 0.15) is 29.6 Å². The third kappa shape index (κ3) is 2.69. The van der Waals surface area contributed by atoms with E-state index in [-0.39, 0.29) is 18.1 Å². The first-order valence-electron chi connectivity index (χ1n) is 6.62. The number of carbonyl (C=O) groups is 1. The molecule has 1 aliphatic carbocycles. The van der Waals surface area contributed by atoms with Crippen LogP contribution >= 0.6 is 11.6 Å². The summed E-state index contributed by atoms with van der Waals surface area (Å²) in [5.74, 6) is 0.521. The summed E-state index contributed by atoms with van der Waals surface area (Å²) in [6.45, 7) is 0.731. The van der Waals surface area contributed by atoms with E-state index < -0.39 is 0 Å². The summed E-state index contributed by atoms with van der Waals surface area (Å²) in [5.41, 5.74) is 6.69. The van der Waals surface area contributed by atoms with Crippen LogP contribution in [0, 0.1) is 5.92 Å². The van der Waals surface area contributed by atoms with Crippen molar-refractivity contribution in [2.45, 2.75) is 31.4 Å². The number of hydrogen-bond donors (Lipinski definition) is 2. The third-order valence-electron chi connectivity index (χ3n) is 3.80. The van der Waals surface area contributed by atoms with E-state index in [2.05, 4.69) is 5.32 Å². The number of anilines is 1. The fourth-order valence-electron chi connectivity index (χ4n) is 2.59. The third-order valence-corrected chi connectivity index (χ3v) is 4.14. The van der Waals surface area contributed by atoms with Crippen LogP contribution in [-0.2, 0) is 4.74 Å². The second-order valence-electron chi connectivity index (χ2n) is 5.28. The highest BCUT2D eigenvalue weighted by atomic mass is 35.5. The van der Waals surface area contributed by atoms with Crippen molar-refractivity contribution in [1.29, 1.82) is 0 Å². The van der Waals surface area contributed by atoms with Gasteiger partial charge in [0.05, 0.1) is 22.9 Å². The summed E-state index contributed by atoms with van der Waals surface area (Å²) < 4.78 is 5.71. The smallest absolute Gasteiger partial charge is 0.251 e. The molecule has 0 radical (unpaired) electrons. The standard InChI is InChI=1S/C14H17ClN2O2/c15-10-4-3-9(7-11(10)16)14(18)17-12-5-6-19-13(12)8-1-2-8/h3-4,7-8,12-13H,1-2,5-6,16H2,(H,17,18). The van der Waals surface area contributed by atoms with Gasteiger partial charge in [-0.25, -0.2) is 0 Å². The Morgan fingerprint density at radius 1 is 1.37 bits per heavy atom. The Labute approximate surface area is 117 Å². The van der Waals surface area contributed by atoms with E-state index in [0.29, 0.717) is 22.2 Å². The molecular formula is C14H17ClN2O2. The molecule has 2 atom stereocenters. The molecule has 3 N–H and O–H groups in total. The maximum atomic E-state index is 12.2. The van der Waals surface area contributed by atoms with Gasteiger partial charge in [0.1, 0.15) is 0 Å². The number of benzene rings is 1. The number of carbonyl (C=O) groups excluding carboxylic acids is 1. The van der Waals surface area contributed by atoms with Gasteiger partial charge in [0.25, 0.3) is 5.91 Å². The summed E-state index contributed by atoms with van der Waals surface area (Å²) in [6.07, 6.45) is 3.50. The van der Waals surface area contributed by atoms with Crippen molar-refractivity contribution in [2.75, 3.05) is 12.3 Å². The van der Waals surface area contributed by atoms with Crippen molar-refractivity contribution in [3.8, 4) is 0 Å². The molecule has 0 spiro atoms. The summed E-state index contributed by atoms with van der Waals surface area (Å²) in [4.78, 5) is 12.2. The molecule has 102 valence electrons. The Kier molecular flexibility index (Phi) is 3.37. The van der Waals surface area contributed by atoms with Gasteiger partial charge in [-0.05, 0) is 43.4 Å². The minimum atomic E-state index is -0.107. The van der Waals surface area contributed by atoms with Crippen molar-refractivity contribution < 1.29 is 9.53 Å². The highest BCUT2D eigenvalue weighted by Crippen LogP contribution is 2.38. The molecule has 4 nitrogen and oxygen atoms in total. The van der Waals surface area contributed by atoms with Crippen molar-refractivity contribution in [3.05, 3.63) is 28.8 Å². The number of hydrogen-bond acceptors (Lipinski definition) is 3. The van der Waals surface area contributed by atoms with Gasteiger partial charge in [-0.15, -0.1) is 0 Å². The van der Waals surface area contributed by atoms with Crippen molar-refractivity contribution in [3.63, 3.8) is 0 Å². The van der Waals surface area contributed by atoms with Crippen LogP contribution < -0.4 is 11.1 Å². The van der Waals surface area contributed by atoms with Gasteiger partial charge >= 0.3 is 0 Å². The number of rotatable bonds is 3. The van der Waals surface area contributed by atoms with E-state index in [0.717, 1.165) is 13.0 Å². The van der Waals surface area contributed by atoms with Gasteiger partial charge in [-0.1, -0.05) is 11.6 Å². The van der Waals surface area contributed by atoms with Gasteiger partial charge in [-0.3, -0.25) is 4.79 Å². The van der Waals surface area contributed by atoms with E-state index in [4.69, 9.17) is 22.1 Å². The highest BCUT2D eigenvalue weighted by molar-refractivity contribution is 6.33. The van der Waals surface area contributed by atoms with E-state index in [9.17, 15) is 4.79 Å². The fraction of sp³-hybridized carbons (Fsp3) is 0.500. The topological polar surface area (TPSA) is 64.4 Å². The Morgan fingerprint density at radius 3 is 2.84 bits per heavy atom. The second kappa shape index (κ2) is 5.02. The van der Waals surface area contributed by atoms with Crippen LogP contribution in [0.2, 0.25) is 5.02 Å². The zero-order valence-corrected chi connectivity index (χ0v) is 11.3. The molecule has 5 heteroatoms. The Balaban J connectivity index is 1.68. The highest BCUT2D eigenvalue weighted by Gasteiger charge is 2.41. The molecule has 2 fully saturated rings. The van der Waals surface area contributed by atoms with Crippen LogP contribution in [0.5, 0.6) is 0 Å². The van der Waals surface area contributed by atoms with Gasteiger partial charge < -0.3 is 15.8 Å². The monoisotopic (exact) mass is 280 g/mol. The minimum Gasteiger partial charge on any atom is -0.398 e. The van der Waals surface area contributed by atoms with Crippen LogP contribution in [0.15, 0.2) is 18.2 Å². The molecule has 0 bridgehead atoms. The molecule has 1 heterocycles. The second-order valence-corrected chi connectivity index (χ2v) is 5.68. The SMILES string of the molecule is Nc1cc(C(=O)NC2CCOC2C2CC2)ccc1Cl. The largest absolute Gasteiger partial charge is 0.398 e. The number of nitrogen functional groups attached to an aromatic ring is 1. The predicted octanol–water partition coefficient (Wildman–Crippen LogP) is 2.22. The van der Waals surface area contributed by atoms with Crippen molar-refractivity contribution in [2.24, 2.45) is 5.92 Å². The average Bonchev–Trinajstić information content (AvgIpc) is 3.13. The number of nitrogens with two attached hydrogens (primary N) is 1. The molecule has 1 aromatic carbocycles. The molecular weight excluding hydrogens is 264 g/mol. The van der Waals surface area contributed by atoms with E-state index in [1.807, 2.05) is 0 Å². The molecule has 1 amide bonds. The molecule has 0 aromatic heterocycles. The number of halogens is 1. The molecule has 1 saturated carbocycles. The van der Waals surface area contributed by atoms with Crippen LogP contribution in [-0.4, -0.2) is 24.7 Å². The summed E-state index contributed by atoms with van der Waals surface area (Å²) in [5, 5.41) is 3.52. The molecule has 2 unspecified atom stereocenters. The normalized spacial score (nSPS) is 26.4. The lowest BCUT2D eigenvalue weighted by Gasteiger charge is -2.19. The molecule has 3 rings (SSSR count). The van der Waals surface area contributed by atoms with Gasteiger partial charge in [0.2, 0.25) is 0 Å². The molecule has 2 aliphatic rings. The zero-order valence-electron chi connectivity index (χ0n) is 10.6. The maximum absolute atomic E-state index is 12.2. The van der Waals surface area contributed by atoms with Crippen LogP contribution in [0.4, 0.5) is 5.69 Å². The molecule has 1 aromatic rings. The predicted molar refractivity (Wildman–Crippen MR) is 74.2 cm³/mol. The summed E-state index contributed by atoms with van der Waals surface area (Å²) in [6, 6.07) is 5.07. The Morgan fingerprint density at radius 2 is 2.16 bits per heavy atom. The van der Waals surface area contributed by atoms with Gasteiger partial charge in [0.15, 0.2) is 0 Å². The Hall–Kier alpha value is -1.26. The lowest BCUT2D eigenvalue weighted by molar-refractivity contribution is 0.0729. The van der Waals surface area contributed by atoms with Crippen molar-refractivity contribution >= 4 is 23.2 Å². The quantitative estimate of drug-likeness (QED) is 0.835. The molecule has 19 heavy (non-hydrogen) atoms. The fourth-order valence-corrected chi connectivity index (χ4v) is 2.71. The maximum Gasteiger partial charge on any atom is 0.251 e. The summed E-state index contributed by atoms with van der Waals surface area (Å²) in [7, 11) is 0. The lowest BCUT2D eigenvalue weighted by atomic mass is 10.1. The Bertz CT molecular complexity index is 502.